The number of nitrogens with one attached hydrogen (secondary N) is 2. The first-order valence-electron chi connectivity index (χ1n) is 7.83. The predicted octanol–water partition coefficient (Wildman–Crippen LogP) is 2.56. The molecule has 126 valence electrons. The van der Waals surface area contributed by atoms with Gasteiger partial charge >= 0.3 is 0 Å². The third kappa shape index (κ3) is 5.43. The lowest BCUT2D eigenvalue weighted by molar-refractivity contribution is -0.120. The molecule has 2 rings (SSSR count). The molecular formula is C19H22N2O3. The highest BCUT2D eigenvalue weighted by atomic mass is 16.5. The van der Waals surface area contributed by atoms with Gasteiger partial charge in [0.1, 0.15) is 5.75 Å². The molecule has 2 aromatic rings. The quantitative estimate of drug-likeness (QED) is 0.822. The van der Waals surface area contributed by atoms with Crippen molar-refractivity contribution >= 4 is 17.5 Å². The summed E-state index contributed by atoms with van der Waals surface area (Å²) in [5.41, 5.74) is 2.70. The number of carbonyl (C=O) groups is 2. The van der Waals surface area contributed by atoms with Crippen molar-refractivity contribution in [3.63, 3.8) is 0 Å². The number of hydrogen-bond acceptors (Lipinski definition) is 3. The molecule has 0 spiro atoms. The lowest BCUT2D eigenvalue weighted by atomic mass is 10.1. The number of ether oxygens (including phenoxy) is 1. The molecule has 0 bridgehead atoms. The lowest BCUT2D eigenvalue weighted by Crippen LogP contribution is -2.27. The van der Waals surface area contributed by atoms with Gasteiger partial charge in [0.2, 0.25) is 11.8 Å². The molecule has 0 fully saturated rings. The van der Waals surface area contributed by atoms with Crippen molar-refractivity contribution in [1.82, 2.24) is 5.32 Å². The number of para-hydroxylation sites is 1. The van der Waals surface area contributed by atoms with Crippen molar-refractivity contribution in [2.24, 2.45) is 0 Å². The molecule has 0 saturated heterocycles. The summed E-state index contributed by atoms with van der Waals surface area (Å²) in [6, 6.07) is 15.0. The van der Waals surface area contributed by atoms with Gasteiger partial charge in [0, 0.05) is 19.2 Å². The van der Waals surface area contributed by atoms with E-state index in [0.29, 0.717) is 13.0 Å². The highest BCUT2D eigenvalue weighted by molar-refractivity contribution is 5.88. The van der Waals surface area contributed by atoms with Crippen LogP contribution in [-0.2, 0) is 22.4 Å². The predicted molar refractivity (Wildman–Crippen MR) is 94.2 cm³/mol. The van der Waals surface area contributed by atoms with E-state index >= 15 is 0 Å². The Hall–Kier alpha value is -2.82. The van der Waals surface area contributed by atoms with E-state index in [0.717, 1.165) is 29.0 Å². The average Bonchev–Trinajstić information content (AvgIpc) is 2.56. The van der Waals surface area contributed by atoms with Gasteiger partial charge in [0.05, 0.1) is 13.5 Å². The summed E-state index contributed by atoms with van der Waals surface area (Å²) in [7, 11) is 1.64. The molecule has 0 aliphatic heterocycles. The molecule has 5 nitrogen and oxygen atoms in total. The summed E-state index contributed by atoms with van der Waals surface area (Å²) >= 11 is 0. The fourth-order valence-corrected chi connectivity index (χ4v) is 2.40. The van der Waals surface area contributed by atoms with E-state index in [4.69, 9.17) is 4.74 Å². The number of carbonyl (C=O) groups excluding carboxylic acids is 2. The Labute approximate surface area is 142 Å². The zero-order chi connectivity index (χ0) is 17.4. The normalized spacial score (nSPS) is 10.1. The van der Waals surface area contributed by atoms with Gasteiger partial charge in [-0.1, -0.05) is 30.3 Å². The summed E-state index contributed by atoms with van der Waals surface area (Å²) in [6.07, 6.45) is 1.03. The largest absolute Gasteiger partial charge is 0.496 e. The van der Waals surface area contributed by atoms with Crippen LogP contribution in [0.5, 0.6) is 5.75 Å². The van der Waals surface area contributed by atoms with Crippen molar-refractivity contribution in [3.8, 4) is 5.75 Å². The molecule has 5 heteroatoms. The van der Waals surface area contributed by atoms with Gasteiger partial charge in [-0.2, -0.15) is 0 Å². The number of amides is 2. The Balaban J connectivity index is 1.80. The first-order valence-corrected chi connectivity index (χ1v) is 7.83. The maximum atomic E-state index is 12.0. The molecule has 0 aliphatic carbocycles. The Morgan fingerprint density at radius 3 is 2.42 bits per heavy atom. The van der Waals surface area contributed by atoms with Crippen LogP contribution in [0.1, 0.15) is 18.1 Å². The molecule has 0 radical (unpaired) electrons. The van der Waals surface area contributed by atoms with E-state index in [1.165, 1.54) is 6.92 Å². The lowest BCUT2D eigenvalue weighted by Gasteiger charge is -2.09. The van der Waals surface area contributed by atoms with E-state index in [2.05, 4.69) is 10.6 Å². The van der Waals surface area contributed by atoms with Crippen LogP contribution in [0.3, 0.4) is 0 Å². The third-order valence-corrected chi connectivity index (χ3v) is 3.55. The van der Waals surface area contributed by atoms with Gasteiger partial charge in [0.15, 0.2) is 0 Å². The first kappa shape index (κ1) is 17.5. The van der Waals surface area contributed by atoms with Gasteiger partial charge in [-0.15, -0.1) is 0 Å². The van der Waals surface area contributed by atoms with E-state index < -0.39 is 0 Å². The number of hydrogen-bond donors (Lipinski definition) is 2. The Morgan fingerprint density at radius 1 is 1.04 bits per heavy atom. The van der Waals surface area contributed by atoms with Crippen LogP contribution in [0, 0.1) is 0 Å². The summed E-state index contributed by atoms with van der Waals surface area (Å²) < 4.78 is 5.29. The second kappa shape index (κ2) is 8.72. The van der Waals surface area contributed by atoms with Crippen molar-refractivity contribution in [3.05, 3.63) is 59.7 Å². The third-order valence-electron chi connectivity index (χ3n) is 3.55. The van der Waals surface area contributed by atoms with E-state index in [1.807, 2.05) is 36.4 Å². The van der Waals surface area contributed by atoms with Crippen LogP contribution in [0.25, 0.3) is 0 Å². The number of anilines is 1. The summed E-state index contributed by atoms with van der Waals surface area (Å²) in [5.74, 6) is 0.689. The van der Waals surface area contributed by atoms with E-state index in [9.17, 15) is 9.59 Å². The zero-order valence-corrected chi connectivity index (χ0v) is 14.0. The smallest absolute Gasteiger partial charge is 0.224 e. The van der Waals surface area contributed by atoms with Crippen molar-refractivity contribution in [2.45, 2.75) is 19.8 Å². The van der Waals surface area contributed by atoms with Gasteiger partial charge in [-0.25, -0.2) is 0 Å². The number of methoxy groups -OCH3 is 1. The van der Waals surface area contributed by atoms with Crippen LogP contribution in [0.2, 0.25) is 0 Å². The van der Waals surface area contributed by atoms with Crippen LogP contribution in [0.15, 0.2) is 48.5 Å². The molecule has 2 aromatic carbocycles. The minimum Gasteiger partial charge on any atom is -0.496 e. The summed E-state index contributed by atoms with van der Waals surface area (Å²) in [6.45, 7) is 2.02. The molecule has 2 N–H and O–H groups in total. The van der Waals surface area contributed by atoms with Crippen LogP contribution < -0.4 is 15.4 Å². The molecule has 2 amide bonds. The molecule has 0 aromatic heterocycles. The molecule has 0 aliphatic rings. The Bertz CT molecular complexity index is 696. The van der Waals surface area contributed by atoms with Crippen LogP contribution in [-0.4, -0.2) is 25.5 Å². The zero-order valence-electron chi connectivity index (χ0n) is 14.0. The fraction of sp³-hybridized carbons (Fsp3) is 0.263. The van der Waals surface area contributed by atoms with Crippen LogP contribution in [0.4, 0.5) is 5.69 Å². The van der Waals surface area contributed by atoms with Crippen molar-refractivity contribution < 1.29 is 14.3 Å². The summed E-state index contributed by atoms with van der Waals surface area (Å²) in [5, 5.41) is 5.61. The number of rotatable bonds is 7. The Kier molecular flexibility index (Phi) is 6.37. The van der Waals surface area contributed by atoms with E-state index in [1.54, 1.807) is 19.2 Å². The second-order valence-electron chi connectivity index (χ2n) is 5.47. The maximum Gasteiger partial charge on any atom is 0.224 e. The SMILES string of the molecule is COc1ccccc1CCNC(=O)Cc1ccc(NC(C)=O)cc1. The topological polar surface area (TPSA) is 67.4 Å². The minimum atomic E-state index is -0.114. The van der Waals surface area contributed by atoms with Gasteiger partial charge < -0.3 is 15.4 Å². The Morgan fingerprint density at radius 2 is 1.75 bits per heavy atom. The van der Waals surface area contributed by atoms with Gasteiger partial charge in [-0.05, 0) is 35.7 Å². The molecule has 24 heavy (non-hydrogen) atoms. The minimum absolute atomic E-state index is 0.0304. The molecular weight excluding hydrogens is 304 g/mol. The standard InChI is InChI=1S/C19H22N2O3/c1-14(22)21-17-9-7-15(8-10-17)13-19(23)20-12-11-16-5-3-4-6-18(16)24-2/h3-10H,11-13H2,1-2H3,(H,20,23)(H,21,22). The monoisotopic (exact) mass is 326 g/mol. The van der Waals surface area contributed by atoms with Crippen molar-refractivity contribution in [2.75, 3.05) is 19.0 Å². The van der Waals surface area contributed by atoms with Crippen LogP contribution >= 0.6 is 0 Å². The summed E-state index contributed by atoms with van der Waals surface area (Å²) in [4.78, 5) is 23.0. The average molecular weight is 326 g/mol. The number of benzene rings is 2. The highest BCUT2D eigenvalue weighted by Crippen LogP contribution is 2.17. The van der Waals surface area contributed by atoms with Gasteiger partial charge in [0.25, 0.3) is 0 Å². The van der Waals surface area contributed by atoms with Crippen molar-refractivity contribution in [1.29, 1.82) is 0 Å². The second-order valence-corrected chi connectivity index (χ2v) is 5.47. The maximum absolute atomic E-state index is 12.0. The molecule has 0 unspecified atom stereocenters. The molecule has 0 saturated carbocycles. The van der Waals surface area contributed by atoms with E-state index in [-0.39, 0.29) is 11.8 Å². The first-order chi connectivity index (χ1) is 11.6. The highest BCUT2D eigenvalue weighted by Gasteiger charge is 2.05. The fourth-order valence-electron chi connectivity index (χ4n) is 2.40. The molecule has 0 atom stereocenters. The molecule has 0 heterocycles. The van der Waals surface area contributed by atoms with Gasteiger partial charge in [-0.3, -0.25) is 9.59 Å².